The van der Waals surface area contributed by atoms with Crippen LogP contribution in [-0.2, 0) is 0 Å². The van der Waals surface area contributed by atoms with Gasteiger partial charge in [0, 0.05) is 29.9 Å². The summed E-state index contributed by atoms with van der Waals surface area (Å²) >= 11 is 0. The SMILES string of the molecule is O=C(c1ccc(C(=O)N(CC2CC2)C2CCCCC2)cc1)c1cnc2ccccn12. The molecular formula is C25H27N3O2. The summed E-state index contributed by atoms with van der Waals surface area (Å²) in [6.45, 7) is 0.881. The number of aromatic nitrogens is 2. The Balaban J connectivity index is 1.36. The zero-order chi connectivity index (χ0) is 20.5. The number of pyridine rings is 1. The molecule has 2 aromatic heterocycles. The second-order valence-electron chi connectivity index (χ2n) is 8.67. The molecule has 154 valence electrons. The first kappa shape index (κ1) is 19.0. The van der Waals surface area contributed by atoms with Gasteiger partial charge in [0.05, 0.1) is 6.20 Å². The fraction of sp³-hybridized carbons (Fsp3) is 0.400. The minimum atomic E-state index is -0.0881. The van der Waals surface area contributed by atoms with Crippen molar-refractivity contribution in [2.24, 2.45) is 5.92 Å². The van der Waals surface area contributed by atoms with Crippen LogP contribution in [0, 0.1) is 5.92 Å². The molecule has 0 atom stereocenters. The summed E-state index contributed by atoms with van der Waals surface area (Å²) in [5.41, 5.74) is 2.53. The van der Waals surface area contributed by atoms with E-state index in [1.807, 2.05) is 36.5 Å². The molecule has 5 rings (SSSR count). The number of hydrogen-bond acceptors (Lipinski definition) is 3. The van der Waals surface area contributed by atoms with Gasteiger partial charge < -0.3 is 4.90 Å². The lowest BCUT2D eigenvalue weighted by molar-refractivity contribution is 0.0621. The molecule has 0 bridgehead atoms. The Bertz CT molecular complexity index is 1060. The van der Waals surface area contributed by atoms with Gasteiger partial charge in [-0.3, -0.25) is 14.0 Å². The number of carbonyl (C=O) groups is 2. The van der Waals surface area contributed by atoms with Crippen molar-refractivity contribution in [3.05, 3.63) is 71.7 Å². The van der Waals surface area contributed by atoms with Gasteiger partial charge in [0.1, 0.15) is 11.3 Å². The van der Waals surface area contributed by atoms with Gasteiger partial charge in [-0.2, -0.15) is 0 Å². The average molecular weight is 402 g/mol. The summed E-state index contributed by atoms with van der Waals surface area (Å²) in [6.07, 6.45) is 11.9. The van der Waals surface area contributed by atoms with Crippen LogP contribution in [0.4, 0.5) is 0 Å². The van der Waals surface area contributed by atoms with Crippen LogP contribution in [0.2, 0.25) is 0 Å². The molecule has 2 saturated carbocycles. The average Bonchev–Trinajstić information content (AvgIpc) is 3.53. The standard InChI is InChI=1S/C25H27N3O2/c29-24(22-16-26-23-8-4-5-15-27(22)23)19-11-13-20(14-12-19)25(30)28(17-18-9-10-18)21-6-2-1-3-7-21/h4-5,8,11-16,18,21H,1-3,6-7,9-10,17H2. The van der Waals surface area contributed by atoms with E-state index >= 15 is 0 Å². The van der Waals surface area contributed by atoms with Crippen LogP contribution in [0.15, 0.2) is 54.9 Å². The van der Waals surface area contributed by atoms with E-state index in [2.05, 4.69) is 9.88 Å². The fourth-order valence-corrected chi connectivity index (χ4v) is 4.55. The molecular weight excluding hydrogens is 374 g/mol. The molecule has 30 heavy (non-hydrogen) atoms. The summed E-state index contributed by atoms with van der Waals surface area (Å²) in [7, 11) is 0. The van der Waals surface area contributed by atoms with Crippen molar-refractivity contribution in [2.75, 3.05) is 6.54 Å². The van der Waals surface area contributed by atoms with Crippen LogP contribution in [-0.4, -0.2) is 38.6 Å². The third-order valence-corrected chi connectivity index (χ3v) is 6.47. The highest BCUT2D eigenvalue weighted by Gasteiger charge is 2.32. The van der Waals surface area contributed by atoms with Gasteiger partial charge in [0.2, 0.25) is 5.78 Å². The molecule has 5 nitrogen and oxygen atoms in total. The molecule has 2 aliphatic carbocycles. The number of ketones is 1. The Kier molecular flexibility index (Phi) is 5.11. The maximum atomic E-state index is 13.3. The first-order valence-corrected chi connectivity index (χ1v) is 11.1. The van der Waals surface area contributed by atoms with E-state index < -0.39 is 0 Å². The summed E-state index contributed by atoms with van der Waals surface area (Å²) < 4.78 is 1.79. The minimum absolute atomic E-state index is 0.0881. The predicted octanol–water partition coefficient (Wildman–Crippen LogP) is 4.75. The molecule has 0 spiro atoms. The van der Waals surface area contributed by atoms with E-state index in [4.69, 9.17) is 0 Å². The highest BCUT2D eigenvalue weighted by atomic mass is 16.2. The van der Waals surface area contributed by atoms with Crippen LogP contribution in [0.5, 0.6) is 0 Å². The zero-order valence-electron chi connectivity index (χ0n) is 17.2. The van der Waals surface area contributed by atoms with E-state index in [9.17, 15) is 9.59 Å². The highest BCUT2D eigenvalue weighted by molar-refractivity contribution is 6.08. The summed E-state index contributed by atoms with van der Waals surface area (Å²) in [5, 5.41) is 0. The Labute approximate surface area is 176 Å². The van der Waals surface area contributed by atoms with E-state index in [-0.39, 0.29) is 11.7 Å². The predicted molar refractivity (Wildman–Crippen MR) is 116 cm³/mol. The summed E-state index contributed by atoms with van der Waals surface area (Å²) in [4.78, 5) is 32.7. The number of amides is 1. The van der Waals surface area contributed by atoms with E-state index in [1.54, 1.807) is 22.7 Å². The molecule has 1 amide bonds. The normalized spacial score (nSPS) is 17.2. The number of hydrogen-bond donors (Lipinski definition) is 0. The van der Waals surface area contributed by atoms with Crippen LogP contribution in [0.1, 0.15) is 71.4 Å². The Morgan fingerprint density at radius 1 is 0.933 bits per heavy atom. The maximum Gasteiger partial charge on any atom is 0.254 e. The molecule has 1 aromatic carbocycles. The second-order valence-corrected chi connectivity index (χ2v) is 8.67. The third kappa shape index (κ3) is 3.76. The monoisotopic (exact) mass is 401 g/mol. The minimum Gasteiger partial charge on any atom is -0.335 e. The molecule has 0 N–H and O–H groups in total. The van der Waals surface area contributed by atoms with Gasteiger partial charge in [-0.15, -0.1) is 0 Å². The van der Waals surface area contributed by atoms with Crippen LogP contribution in [0.3, 0.4) is 0 Å². The molecule has 0 radical (unpaired) electrons. The van der Waals surface area contributed by atoms with Gasteiger partial charge in [0.15, 0.2) is 0 Å². The quantitative estimate of drug-likeness (QED) is 0.560. The Hall–Kier alpha value is -2.95. The van der Waals surface area contributed by atoms with Crippen molar-refractivity contribution in [2.45, 2.75) is 51.0 Å². The van der Waals surface area contributed by atoms with E-state index in [1.165, 1.54) is 32.1 Å². The molecule has 2 heterocycles. The first-order valence-electron chi connectivity index (χ1n) is 11.1. The lowest BCUT2D eigenvalue weighted by atomic mass is 9.93. The molecule has 0 saturated heterocycles. The number of nitrogens with zero attached hydrogens (tertiary/aromatic N) is 3. The largest absolute Gasteiger partial charge is 0.335 e. The van der Waals surface area contributed by atoms with Gasteiger partial charge >= 0.3 is 0 Å². The number of fused-ring (bicyclic) bond motifs is 1. The van der Waals surface area contributed by atoms with Crippen LogP contribution in [0.25, 0.3) is 5.65 Å². The van der Waals surface area contributed by atoms with Gasteiger partial charge in [0.25, 0.3) is 5.91 Å². The molecule has 5 heteroatoms. The van der Waals surface area contributed by atoms with E-state index in [0.29, 0.717) is 28.8 Å². The fourth-order valence-electron chi connectivity index (χ4n) is 4.55. The van der Waals surface area contributed by atoms with E-state index in [0.717, 1.165) is 25.0 Å². The lowest BCUT2D eigenvalue weighted by Gasteiger charge is -2.34. The molecule has 0 unspecified atom stereocenters. The maximum absolute atomic E-state index is 13.3. The van der Waals surface area contributed by atoms with Gasteiger partial charge in [-0.1, -0.05) is 37.5 Å². The highest BCUT2D eigenvalue weighted by Crippen LogP contribution is 2.33. The summed E-state index contributed by atoms with van der Waals surface area (Å²) in [6, 6.07) is 13.2. The van der Waals surface area contributed by atoms with Gasteiger partial charge in [-0.05, 0) is 55.9 Å². The topological polar surface area (TPSA) is 54.7 Å². The number of carbonyl (C=O) groups excluding carboxylic acids is 2. The zero-order valence-corrected chi connectivity index (χ0v) is 17.2. The number of imidazole rings is 1. The van der Waals surface area contributed by atoms with Crippen LogP contribution < -0.4 is 0 Å². The number of rotatable bonds is 6. The molecule has 2 aliphatic rings. The number of benzene rings is 1. The van der Waals surface area contributed by atoms with Crippen molar-refractivity contribution < 1.29 is 9.59 Å². The Morgan fingerprint density at radius 3 is 2.40 bits per heavy atom. The van der Waals surface area contributed by atoms with Crippen LogP contribution >= 0.6 is 0 Å². The van der Waals surface area contributed by atoms with Crippen molar-refractivity contribution in [3.8, 4) is 0 Å². The third-order valence-electron chi connectivity index (χ3n) is 6.47. The lowest BCUT2D eigenvalue weighted by Crippen LogP contribution is -2.42. The first-order chi connectivity index (χ1) is 14.7. The second kappa shape index (κ2) is 8.05. The van der Waals surface area contributed by atoms with Crippen molar-refractivity contribution >= 4 is 17.3 Å². The molecule has 3 aromatic rings. The van der Waals surface area contributed by atoms with Crippen molar-refractivity contribution in [1.29, 1.82) is 0 Å². The Morgan fingerprint density at radius 2 is 1.67 bits per heavy atom. The van der Waals surface area contributed by atoms with Crippen molar-refractivity contribution in [3.63, 3.8) is 0 Å². The molecule has 2 fully saturated rings. The summed E-state index contributed by atoms with van der Waals surface area (Å²) in [5.74, 6) is 0.698. The van der Waals surface area contributed by atoms with Gasteiger partial charge in [-0.25, -0.2) is 4.98 Å². The molecule has 0 aliphatic heterocycles. The smallest absolute Gasteiger partial charge is 0.254 e. The van der Waals surface area contributed by atoms with Crippen molar-refractivity contribution in [1.82, 2.24) is 14.3 Å².